The molecule has 2 atom stereocenters. The van der Waals surface area contributed by atoms with Crippen LogP contribution in [0.5, 0.6) is 0 Å². The van der Waals surface area contributed by atoms with Crippen LogP contribution in [0.1, 0.15) is 213 Å². The molecule has 0 bridgehead atoms. The molecular weight excluding hydrogens is 810 g/mol. The zero-order valence-corrected chi connectivity index (χ0v) is 42.2. The van der Waals surface area contributed by atoms with Crippen LogP contribution in [0.15, 0.2) is 60.8 Å². The predicted molar refractivity (Wildman–Crippen MR) is 263 cm³/mol. The number of ether oxygens (including phenoxy) is 2. The first-order valence-corrected chi connectivity index (χ1v) is 27.0. The van der Waals surface area contributed by atoms with Gasteiger partial charge in [-0.2, -0.15) is 0 Å². The molecule has 0 rings (SSSR count). The number of allylic oxidation sites excluding steroid dienone is 10. The van der Waals surface area contributed by atoms with Crippen molar-refractivity contribution < 1.29 is 42.1 Å². The van der Waals surface area contributed by atoms with Crippen LogP contribution in [0.3, 0.4) is 0 Å². The van der Waals surface area contributed by atoms with Crippen molar-refractivity contribution in [1.82, 2.24) is 0 Å². The van der Waals surface area contributed by atoms with Crippen LogP contribution in [0.4, 0.5) is 0 Å². The third-order valence-electron chi connectivity index (χ3n) is 10.8. The number of unbranched alkanes of at least 4 members (excludes halogenated alkanes) is 22. The number of phosphoric ester groups is 1. The summed E-state index contributed by atoms with van der Waals surface area (Å²) in [4.78, 5) is 37.6. The van der Waals surface area contributed by atoms with Gasteiger partial charge in [0.1, 0.15) is 19.8 Å². The fourth-order valence-electron chi connectivity index (χ4n) is 6.82. The molecule has 10 heteroatoms. The molecule has 0 amide bonds. The Kier molecular flexibility index (Phi) is 43.3. The molecule has 0 spiro atoms. The quantitative estimate of drug-likeness (QED) is 0.0195. The average molecular weight is 906 g/mol. The average Bonchev–Trinajstić information content (AvgIpc) is 3.24. The Hall–Kier alpha value is -2.29. The summed E-state index contributed by atoms with van der Waals surface area (Å²) in [5, 5.41) is 0. The van der Waals surface area contributed by atoms with Crippen LogP contribution in [0, 0.1) is 0 Å². The smallest absolute Gasteiger partial charge is 0.306 e. The summed E-state index contributed by atoms with van der Waals surface area (Å²) in [6, 6.07) is 0. The first-order chi connectivity index (χ1) is 30.5. The van der Waals surface area contributed by atoms with Crippen molar-refractivity contribution in [1.29, 1.82) is 0 Å². The number of rotatable bonds is 46. The lowest BCUT2D eigenvalue weighted by atomic mass is 10.0. The van der Waals surface area contributed by atoms with E-state index in [1.165, 1.54) is 96.3 Å². The van der Waals surface area contributed by atoms with Gasteiger partial charge in [0.2, 0.25) is 0 Å². The van der Waals surface area contributed by atoms with Gasteiger partial charge in [-0.1, -0.05) is 184 Å². The molecule has 63 heavy (non-hydrogen) atoms. The molecule has 0 aliphatic carbocycles. The highest BCUT2D eigenvalue weighted by Crippen LogP contribution is 2.38. The van der Waals surface area contributed by atoms with Crippen molar-refractivity contribution in [3.8, 4) is 0 Å². The van der Waals surface area contributed by atoms with Gasteiger partial charge in [0.05, 0.1) is 27.7 Å². The van der Waals surface area contributed by atoms with Crippen molar-refractivity contribution >= 4 is 19.8 Å². The van der Waals surface area contributed by atoms with E-state index in [2.05, 4.69) is 74.6 Å². The van der Waals surface area contributed by atoms with Crippen molar-refractivity contribution in [3.05, 3.63) is 60.8 Å². The number of esters is 2. The number of likely N-dealkylation sites (N-methyl/N-ethyl adjacent to an activating group) is 1. The molecule has 0 aliphatic heterocycles. The topological polar surface area (TPSA) is 111 Å². The van der Waals surface area contributed by atoms with Gasteiger partial charge in [0, 0.05) is 12.8 Å². The normalized spacial score (nSPS) is 13.9. The third-order valence-corrected chi connectivity index (χ3v) is 11.7. The Morgan fingerprint density at radius 3 is 1.37 bits per heavy atom. The molecule has 0 fully saturated rings. The van der Waals surface area contributed by atoms with Crippen molar-refractivity contribution in [2.45, 2.75) is 219 Å². The Morgan fingerprint density at radius 2 is 0.905 bits per heavy atom. The Labute approximate surface area is 387 Å². The van der Waals surface area contributed by atoms with E-state index in [-0.39, 0.29) is 26.1 Å². The maximum Gasteiger partial charge on any atom is 0.306 e. The molecule has 0 N–H and O–H groups in total. The third kappa shape index (κ3) is 49.0. The summed E-state index contributed by atoms with van der Waals surface area (Å²) in [5.74, 6) is -0.844. The fraction of sp³-hybridized carbons (Fsp3) is 0.774. The van der Waals surface area contributed by atoms with Crippen LogP contribution in [-0.4, -0.2) is 70.0 Å². The van der Waals surface area contributed by atoms with Gasteiger partial charge in [0.15, 0.2) is 6.10 Å². The standard InChI is InChI=1S/C53H96NO8P/c1-6-8-10-12-14-16-18-20-21-22-23-24-25-26-27-28-29-30-31-32-33-34-36-38-40-42-44-46-53(56)62-51(50-61-63(57,58)60-48-47-54(3,4)5)49-59-52(55)45-43-41-39-37-35-19-17-15-13-11-9-7-2/h8,10,14-17,20-21,23-24,51H,6-7,9,11-13,18-19,22,25-50H2,1-5H3/b10-8-,16-14-,17-15-,21-20-,24-23-. The summed E-state index contributed by atoms with van der Waals surface area (Å²) >= 11 is 0. The van der Waals surface area contributed by atoms with E-state index < -0.39 is 32.5 Å². The zero-order valence-electron chi connectivity index (χ0n) is 41.3. The predicted octanol–water partition coefficient (Wildman–Crippen LogP) is 14.6. The molecule has 2 unspecified atom stereocenters. The lowest BCUT2D eigenvalue weighted by molar-refractivity contribution is -0.870. The fourth-order valence-corrected chi connectivity index (χ4v) is 7.55. The Bertz CT molecular complexity index is 1250. The van der Waals surface area contributed by atoms with Crippen molar-refractivity contribution in [2.75, 3.05) is 47.5 Å². The van der Waals surface area contributed by atoms with Crippen LogP contribution >= 0.6 is 7.82 Å². The number of nitrogens with zero attached hydrogens (tertiary/aromatic N) is 1. The van der Waals surface area contributed by atoms with Gasteiger partial charge >= 0.3 is 11.9 Å². The van der Waals surface area contributed by atoms with Crippen LogP contribution in [-0.2, 0) is 32.7 Å². The summed E-state index contributed by atoms with van der Waals surface area (Å²) in [6.07, 6.45) is 55.4. The first kappa shape index (κ1) is 60.7. The Morgan fingerprint density at radius 1 is 0.508 bits per heavy atom. The second kappa shape index (κ2) is 44.9. The highest BCUT2D eigenvalue weighted by molar-refractivity contribution is 7.45. The van der Waals surface area contributed by atoms with E-state index in [0.29, 0.717) is 17.4 Å². The van der Waals surface area contributed by atoms with Gasteiger partial charge in [-0.25, -0.2) is 0 Å². The Balaban J connectivity index is 4.15. The largest absolute Gasteiger partial charge is 0.756 e. The van der Waals surface area contributed by atoms with Crippen LogP contribution in [0.25, 0.3) is 0 Å². The number of hydrogen-bond donors (Lipinski definition) is 0. The molecule has 0 aromatic rings. The van der Waals surface area contributed by atoms with Gasteiger partial charge in [-0.3, -0.25) is 14.2 Å². The van der Waals surface area contributed by atoms with E-state index >= 15 is 0 Å². The maximum absolute atomic E-state index is 12.7. The lowest BCUT2D eigenvalue weighted by Gasteiger charge is -2.28. The van der Waals surface area contributed by atoms with E-state index in [4.69, 9.17) is 18.5 Å². The van der Waals surface area contributed by atoms with E-state index in [9.17, 15) is 19.0 Å². The molecule has 0 radical (unpaired) electrons. The molecule has 0 aromatic heterocycles. The second-order valence-corrected chi connectivity index (χ2v) is 19.6. The SMILES string of the molecule is CC/C=C\C/C=C\C/C=C\C/C=C\CCCCCCCCCCCCCCCCC(=O)OC(COC(=O)CCCCCCC/C=C\CCCCC)COP(=O)([O-])OCC[N+](C)(C)C. The molecule has 366 valence electrons. The van der Waals surface area contributed by atoms with Gasteiger partial charge < -0.3 is 27.9 Å². The van der Waals surface area contributed by atoms with Crippen LogP contribution in [0.2, 0.25) is 0 Å². The molecule has 9 nitrogen and oxygen atoms in total. The number of quaternary nitrogens is 1. The highest BCUT2D eigenvalue weighted by atomic mass is 31.2. The van der Waals surface area contributed by atoms with E-state index in [1.54, 1.807) is 0 Å². The van der Waals surface area contributed by atoms with Crippen molar-refractivity contribution in [3.63, 3.8) is 0 Å². The minimum absolute atomic E-state index is 0.0333. The zero-order chi connectivity index (χ0) is 46.4. The van der Waals surface area contributed by atoms with Gasteiger partial charge in [-0.05, 0) is 77.0 Å². The lowest BCUT2D eigenvalue weighted by Crippen LogP contribution is -2.37. The minimum Gasteiger partial charge on any atom is -0.756 e. The van der Waals surface area contributed by atoms with Crippen molar-refractivity contribution in [2.24, 2.45) is 0 Å². The van der Waals surface area contributed by atoms with Gasteiger partial charge in [0.25, 0.3) is 7.82 Å². The molecule has 0 aromatic carbocycles. The van der Waals surface area contributed by atoms with Gasteiger partial charge in [-0.15, -0.1) is 0 Å². The molecule has 0 heterocycles. The number of carbonyl (C=O) groups is 2. The first-order valence-electron chi connectivity index (χ1n) is 25.5. The summed E-state index contributed by atoms with van der Waals surface area (Å²) < 4.78 is 34.0. The highest BCUT2D eigenvalue weighted by Gasteiger charge is 2.21. The van der Waals surface area contributed by atoms with Crippen LogP contribution < -0.4 is 4.89 Å². The molecular formula is C53H96NO8P. The number of carbonyl (C=O) groups excluding carboxylic acids is 2. The number of phosphoric acid groups is 1. The monoisotopic (exact) mass is 906 g/mol. The second-order valence-electron chi connectivity index (χ2n) is 18.1. The molecule has 0 saturated heterocycles. The number of hydrogen-bond acceptors (Lipinski definition) is 8. The summed E-state index contributed by atoms with van der Waals surface area (Å²) in [6.45, 7) is 4.09. The molecule has 0 aliphatic rings. The summed E-state index contributed by atoms with van der Waals surface area (Å²) in [7, 11) is 1.16. The van der Waals surface area contributed by atoms with E-state index in [0.717, 1.165) is 83.5 Å². The maximum atomic E-state index is 12.7. The molecule has 0 saturated carbocycles. The van der Waals surface area contributed by atoms with E-state index in [1.807, 2.05) is 21.1 Å². The minimum atomic E-state index is -4.63. The summed E-state index contributed by atoms with van der Waals surface area (Å²) in [5.41, 5.74) is 0.